The van der Waals surface area contributed by atoms with Crippen LogP contribution in [0.4, 0.5) is 0 Å². The van der Waals surface area contributed by atoms with Crippen molar-refractivity contribution in [2.45, 2.75) is 39.7 Å². The van der Waals surface area contributed by atoms with E-state index in [0.717, 1.165) is 12.8 Å². The van der Waals surface area contributed by atoms with E-state index in [0.29, 0.717) is 19.8 Å². The predicted molar refractivity (Wildman–Crippen MR) is 62.0 cm³/mol. The van der Waals surface area contributed by atoms with Crippen LogP contribution in [0, 0.1) is 0 Å². The molecule has 16 heavy (non-hydrogen) atoms. The number of hydrogen-bond donors (Lipinski definition) is 2. The minimum atomic E-state index is -0.572. The highest BCUT2D eigenvalue weighted by Crippen LogP contribution is 1.87. The zero-order valence-electron chi connectivity index (χ0n) is 10.3. The monoisotopic (exact) mass is 230 g/mol. The minimum absolute atomic E-state index is 0.0293. The minimum Gasteiger partial charge on any atom is -0.382 e. The lowest BCUT2D eigenvalue weighted by molar-refractivity contribution is -0.139. The van der Waals surface area contributed by atoms with Gasteiger partial charge in [0.25, 0.3) is 0 Å². The molecule has 0 heterocycles. The van der Waals surface area contributed by atoms with Gasteiger partial charge in [-0.15, -0.1) is 0 Å². The van der Waals surface area contributed by atoms with Crippen molar-refractivity contribution < 1.29 is 14.3 Å². The van der Waals surface area contributed by atoms with Crippen molar-refractivity contribution in [3.05, 3.63) is 0 Å². The fourth-order valence-corrected chi connectivity index (χ4v) is 0.992. The van der Waals surface area contributed by atoms with Gasteiger partial charge in [0.05, 0.1) is 0 Å². The molecule has 0 aliphatic carbocycles. The fraction of sp³-hybridized carbons (Fsp3) is 0.818. The Balaban J connectivity index is 3.59. The number of rotatable bonds is 7. The van der Waals surface area contributed by atoms with E-state index >= 15 is 0 Å². The van der Waals surface area contributed by atoms with E-state index in [2.05, 4.69) is 10.6 Å². The first-order chi connectivity index (χ1) is 7.61. The Labute approximate surface area is 96.9 Å². The number of carbonyl (C=O) groups is 2. The van der Waals surface area contributed by atoms with Crippen molar-refractivity contribution in [3.8, 4) is 0 Å². The van der Waals surface area contributed by atoms with Gasteiger partial charge >= 0.3 is 11.8 Å². The topological polar surface area (TPSA) is 67.4 Å². The van der Waals surface area contributed by atoms with E-state index in [1.54, 1.807) is 0 Å². The molecule has 0 saturated heterocycles. The third-order valence-corrected chi connectivity index (χ3v) is 2.15. The summed E-state index contributed by atoms with van der Waals surface area (Å²) in [6, 6.07) is 0.0293. The molecular formula is C11H22N2O3. The van der Waals surface area contributed by atoms with E-state index in [-0.39, 0.29) is 6.04 Å². The van der Waals surface area contributed by atoms with Gasteiger partial charge in [-0.3, -0.25) is 9.59 Å². The molecule has 0 radical (unpaired) electrons. The van der Waals surface area contributed by atoms with E-state index in [1.807, 2.05) is 20.8 Å². The highest BCUT2D eigenvalue weighted by Gasteiger charge is 2.13. The summed E-state index contributed by atoms with van der Waals surface area (Å²) in [5, 5.41) is 5.14. The van der Waals surface area contributed by atoms with Crippen molar-refractivity contribution >= 4 is 11.8 Å². The quantitative estimate of drug-likeness (QED) is 0.493. The Morgan fingerprint density at radius 1 is 1.25 bits per heavy atom. The molecule has 1 atom stereocenters. The summed E-state index contributed by atoms with van der Waals surface area (Å²) in [6.45, 7) is 7.46. The van der Waals surface area contributed by atoms with Gasteiger partial charge in [-0.05, 0) is 26.7 Å². The van der Waals surface area contributed by atoms with Crippen LogP contribution in [-0.4, -0.2) is 37.6 Å². The van der Waals surface area contributed by atoms with Crippen molar-refractivity contribution in [2.24, 2.45) is 0 Å². The zero-order chi connectivity index (χ0) is 12.4. The molecule has 0 aliphatic heterocycles. The highest BCUT2D eigenvalue weighted by atomic mass is 16.5. The lowest BCUT2D eigenvalue weighted by atomic mass is 10.2. The molecule has 0 aromatic carbocycles. The summed E-state index contributed by atoms with van der Waals surface area (Å²) in [6.07, 6.45) is 1.53. The third-order valence-electron chi connectivity index (χ3n) is 2.15. The van der Waals surface area contributed by atoms with Crippen LogP contribution in [0.3, 0.4) is 0 Å². The normalized spacial score (nSPS) is 11.9. The molecule has 0 bridgehead atoms. The predicted octanol–water partition coefficient (Wildman–Crippen LogP) is 0.444. The number of nitrogens with one attached hydrogen (secondary N) is 2. The molecule has 2 N–H and O–H groups in total. The highest BCUT2D eigenvalue weighted by molar-refractivity contribution is 6.35. The molecule has 0 aliphatic rings. The Hall–Kier alpha value is -1.10. The second-order valence-corrected chi connectivity index (χ2v) is 3.59. The first-order valence-electron chi connectivity index (χ1n) is 5.78. The van der Waals surface area contributed by atoms with Crippen LogP contribution in [0.2, 0.25) is 0 Å². The van der Waals surface area contributed by atoms with Gasteiger partial charge in [0.2, 0.25) is 0 Å². The van der Waals surface area contributed by atoms with Crippen molar-refractivity contribution in [3.63, 3.8) is 0 Å². The Morgan fingerprint density at radius 2 is 1.94 bits per heavy atom. The van der Waals surface area contributed by atoms with Gasteiger partial charge in [-0.1, -0.05) is 6.92 Å². The Kier molecular flexibility index (Phi) is 8.52. The van der Waals surface area contributed by atoms with Gasteiger partial charge in [0.1, 0.15) is 0 Å². The molecule has 94 valence electrons. The standard InChI is InChI=1S/C11H22N2O3/c1-4-9(3)13-11(15)10(14)12-7-6-8-16-5-2/h9H,4-8H2,1-3H3,(H,12,14)(H,13,15)/t9-/m1/s1. The number of hydrogen-bond acceptors (Lipinski definition) is 3. The van der Waals surface area contributed by atoms with Crippen molar-refractivity contribution in [1.29, 1.82) is 0 Å². The maximum atomic E-state index is 11.3. The largest absolute Gasteiger partial charge is 0.382 e. The summed E-state index contributed by atoms with van der Waals surface area (Å²) >= 11 is 0. The molecule has 5 heteroatoms. The number of amides is 2. The summed E-state index contributed by atoms with van der Waals surface area (Å²) in [5.74, 6) is -1.14. The van der Waals surface area contributed by atoms with Gasteiger partial charge in [0.15, 0.2) is 0 Å². The van der Waals surface area contributed by atoms with Crippen LogP contribution >= 0.6 is 0 Å². The average Bonchev–Trinajstić information content (AvgIpc) is 2.28. The zero-order valence-corrected chi connectivity index (χ0v) is 10.3. The second kappa shape index (κ2) is 9.15. The van der Waals surface area contributed by atoms with E-state index in [9.17, 15) is 9.59 Å². The summed E-state index contributed by atoms with van der Waals surface area (Å²) < 4.78 is 5.11. The van der Waals surface area contributed by atoms with Crippen molar-refractivity contribution in [1.82, 2.24) is 10.6 Å². The number of carbonyl (C=O) groups excluding carboxylic acids is 2. The van der Waals surface area contributed by atoms with E-state index in [1.165, 1.54) is 0 Å². The molecule has 0 aromatic heterocycles. The Bertz CT molecular complexity index is 219. The molecular weight excluding hydrogens is 208 g/mol. The first kappa shape index (κ1) is 14.9. The SMILES string of the molecule is CCOCCCNC(=O)C(=O)N[C@H](C)CC. The maximum Gasteiger partial charge on any atom is 0.309 e. The van der Waals surface area contributed by atoms with Crippen LogP contribution in [0.1, 0.15) is 33.6 Å². The van der Waals surface area contributed by atoms with Crippen LogP contribution in [0.15, 0.2) is 0 Å². The van der Waals surface area contributed by atoms with Gasteiger partial charge in [-0.2, -0.15) is 0 Å². The fourth-order valence-electron chi connectivity index (χ4n) is 0.992. The number of ether oxygens (including phenoxy) is 1. The van der Waals surface area contributed by atoms with Crippen molar-refractivity contribution in [2.75, 3.05) is 19.8 Å². The first-order valence-corrected chi connectivity index (χ1v) is 5.78. The molecule has 0 saturated carbocycles. The molecule has 5 nitrogen and oxygen atoms in total. The maximum absolute atomic E-state index is 11.3. The van der Waals surface area contributed by atoms with Crippen LogP contribution < -0.4 is 10.6 Å². The molecule has 2 amide bonds. The summed E-state index contributed by atoms with van der Waals surface area (Å²) in [7, 11) is 0. The Morgan fingerprint density at radius 3 is 2.50 bits per heavy atom. The van der Waals surface area contributed by atoms with Crippen LogP contribution in [0.25, 0.3) is 0 Å². The van der Waals surface area contributed by atoms with Gasteiger partial charge in [-0.25, -0.2) is 0 Å². The summed E-state index contributed by atoms with van der Waals surface area (Å²) in [5.41, 5.74) is 0. The van der Waals surface area contributed by atoms with Crippen LogP contribution in [-0.2, 0) is 14.3 Å². The molecule has 0 rings (SSSR count). The molecule has 0 spiro atoms. The van der Waals surface area contributed by atoms with Gasteiger partial charge in [0, 0.05) is 25.8 Å². The summed E-state index contributed by atoms with van der Waals surface area (Å²) in [4.78, 5) is 22.5. The lowest BCUT2D eigenvalue weighted by Gasteiger charge is -2.11. The average molecular weight is 230 g/mol. The smallest absolute Gasteiger partial charge is 0.309 e. The van der Waals surface area contributed by atoms with Gasteiger partial charge < -0.3 is 15.4 Å². The van der Waals surface area contributed by atoms with E-state index in [4.69, 9.17) is 4.74 Å². The molecule has 0 unspecified atom stereocenters. The molecule has 0 fully saturated rings. The van der Waals surface area contributed by atoms with E-state index < -0.39 is 11.8 Å². The second-order valence-electron chi connectivity index (χ2n) is 3.59. The van der Waals surface area contributed by atoms with Crippen LogP contribution in [0.5, 0.6) is 0 Å². The lowest BCUT2D eigenvalue weighted by Crippen LogP contribution is -2.43. The third kappa shape index (κ3) is 7.23. The molecule has 0 aromatic rings.